The molecule has 5 nitrogen and oxygen atoms in total. The maximum Gasteiger partial charge on any atom is 0.191 e. The van der Waals surface area contributed by atoms with Gasteiger partial charge in [0.05, 0.1) is 18.8 Å². The number of halogens is 2. The van der Waals surface area contributed by atoms with Crippen molar-refractivity contribution in [3.05, 3.63) is 52.8 Å². The lowest BCUT2D eigenvalue weighted by atomic mass is 10.2. The van der Waals surface area contributed by atoms with Crippen molar-refractivity contribution in [2.45, 2.75) is 20.0 Å². The molecule has 0 amide bonds. The highest BCUT2D eigenvalue weighted by Crippen LogP contribution is 2.10. The van der Waals surface area contributed by atoms with Crippen LogP contribution in [0.2, 0.25) is 5.02 Å². The van der Waals surface area contributed by atoms with E-state index in [1.807, 2.05) is 37.3 Å². The summed E-state index contributed by atoms with van der Waals surface area (Å²) >= 11 is 5.86. The molecule has 7 heteroatoms. The summed E-state index contributed by atoms with van der Waals surface area (Å²) in [6.45, 7) is 4.12. The number of H-pyrrole nitrogens is 1. The molecule has 0 atom stereocenters. The molecule has 2 aromatic rings. The molecule has 1 aromatic carbocycles. The molecule has 0 fully saturated rings. The van der Waals surface area contributed by atoms with Crippen LogP contribution in [0.1, 0.15) is 18.2 Å². The SMILES string of the molecule is CCNC(=NCc1ccc(Cl)cc1)NCc1ccn[nH]1.I. The van der Waals surface area contributed by atoms with Crippen LogP contribution in [0.25, 0.3) is 0 Å². The normalized spacial score (nSPS) is 10.9. The molecule has 0 saturated carbocycles. The minimum atomic E-state index is 0. The van der Waals surface area contributed by atoms with E-state index in [2.05, 4.69) is 25.8 Å². The summed E-state index contributed by atoms with van der Waals surface area (Å²) in [5, 5.41) is 14.0. The number of rotatable bonds is 5. The van der Waals surface area contributed by atoms with E-state index >= 15 is 0 Å². The van der Waals surface area contributed by atoms with Gasteiger partial charge in [-0.15, -0.1) is 24.0 Å². The van der Waals surface area contributed by atoms with Gasteiger partial charge in [-0.2, -0.15) is 5.10 Å². The molecular weight excluding hydrogens is 401 g/mol. The fraction of sp³-hybridized carbons (Fsp3) is 0.286. The molecule has 0 unspecified atom stereocenters. The minimum absolute atomic E-state index is 0. The zero-order valence-electron chi connectivity index (χ0n) is 11.8. The van der Waals surface area contributed by atoms with E-state index in [0.29, 0.717) is 13.1 Å². The summed E-state index contributed by atoms with van der Waals surface area (Å²) in [7, 11) is 0. The van der Waals surface area contributed by atoms with E-state index in [1.54, 1.807) is 6.20 Å². The van der Waals surface area contributed by atoms with Crippen LogP contribution in [0.4, 0.5) is 0 Å². The lowest BCUT2D eigenvalue weighted by Gasteiger charge is -2.10. The Morgan fingerprint density at radius 2 is 2.00 bits per heavy atom. The summed E-state index contributed by atoms with van der Waals surface area (Å²) in [4.78, 5) is 4.53. The Hall–Kier alpha value is -1.28. The zero-order chi connectivity index (χ0) is 14.2. The summed E-state index contributed by atoms with van der Waals surface area (Å²) in [5.74, 6) is 0.775. The Labute approximate surface area is 146 Å². The van der Waals surface area contributed by atoms with Gasteiger partial charge >= 0.3 is 0 Å². The molecule has 1 heterocycles. The van der Waals surface area contributed by atoms with E-state index in [-0.39, 0.29) is 24.0 Å². The summed E-state index contributed by atoms with van der Waals surface area (Å²) < 4.78 is 0. The molecular formula is C14H19ClIN5. The number of nitrogens with one attached hydrogen (secondary N) is 3. The number of benzene rings is 1. The number of aliphatic imine (C=N–C) groups is 1. The zero-order valence-corrected chi connectivity index (χ0v) is 14.9. The first-order valence-corrected chi connectivity index (χ1v) is 6.90. The predicted molar refractivity (Wildman–Crippen MR) is 97.1 cm³/mol. The van der Waals surface area contributed by atoms with Gasteiger partial charge in [0.15, 0.2) is 5.96 Å². The molecule has 1 aromatic heterocycles. The van der Waals surface area contributed by atoms with E-state index in [4.69, 9.17) is 11.6 Å². The van der Waals surface area contributed by atoms with E-state index in [1.165, 1.54) is 0 Å². The smallest absolute Gasteiger partial charge is 0.191 e. The highest BCUT2D eigenvalue weighted by molar-refractivity contribution is 14.0. The minimum Gasteiger partial charge on any atom is -0.357 e. The first kappa shape index (κ1) is 17.8. The topological polar surface area (TPSA) is 65.1 Å². The Kier molecular flexibility index (Phi) is 8.14. The molecule has 2 rings (SSSR count). The summed E-state index contributed by atoms with van der Waals surface area (Å²) in [5.41, 5.74) is 2.13. The van der Waals surface area contributed by atoms with Crippen molar-refractivity contribution < 1.29 is 0 Å². The van der Waals surface area contributed by atoms with Gasteiger partial charge < -0.3 is 10.6 Å². The third-order valence-corrected chi connectivity index (χ3v) is 2.93. The molecule has 0 aliphatic carbocycles. The van der Waals surface area contributed by atoms with E-state index < -0.39 is 0 Å². The quantitative estimate of drug-likeness (QED) is 0.397. The van der Waals surface area contributed by atoms with Crippen LogP contribution in [0.3, 0.4) is 0 Å². The Morgan fingerprint density at radius 3 is 2.62 bits per heavy atom. The molecule has 0 spiro atoms. The van der Waals surface area contributed by atoms with E-state index in [0.717, 1.165) is 28.8 Å². The molecule has 0 radical (unpaired) electrons. The van der Waals surface area contributed by atoms with Gasteiger partial charge in [0.1, 0.15) is 0 Å². The maximum atomic E-state index is 5.86. The van der Waals surface area contributed by atoms with Crippen LogP contribution in [0.15, 0.2) is 41.5 Å². The number of aromatic amines is 1. The van der Waals surface area contributed by atoms with Gasteiger partial charge in [-0.1, -0.05) is 23.7 Å². The van der Waals surface area contributed by atoms with Crippen LogP contribution in [-0.2, 0) is 13.1 Å². The first-order chi connectivity index (χ1) is 9.78. The van der Waals surface area contributed by atoms with Crippen LogP contribution in [0, 0.1) is 0 Å². The second-order valence-electron chi connectivity index (χ2n) is 4.26. The molecule has 114 valence electrons. The van der Waals surface area contributed by atoms with Crippen LogP contribution >= 0.6 is 35.6 Å². The number of nitrogens with zero attached hydrogens (tertiary/aromatic N) is 2. The molecule has 0 saturated heterocycles. The molecule has 0 aliphatic rings. The van der Waals surface area contributed by atoms with Crippen LogP contribution in [-0.4, -0.2) is 22.7 Å². The molecule has 0 bridgehead atoms. The van der Waals surface area contributed by atoms with Crippen molar-refractivity contribution in [3.63, 3.8) is 0 Å². The largest absolute Gasteiger partial charge is 0.357 e. The second kappa shape index (κ2) is 9.62. The second-order valence-corrected chi connectivity index (χ2v) is 4.69. The van der Waals surface area contributed by atoms with Crippen molar-refractivity contribution in [2.75, 3.05) is 6.54 Å². The Bertz CT molecular complexity index is 539. The standard InChI is InChI=1S/C14H18ClN5.HI/c1-2-16-14(18-10-13-7-8-19-20-13)17-9-11-3-5-12(15)6-4-11;/h3-8H,2,9-10H2,1H3,(H,19,20)(H2,16,17,18);1H. The lowest BCUT2D eigenvalue weighted by molar-refractivity contribution is 0.794. The third-order valence-electron chi connectivity index (χ3n) is 2.68. The number of guanidine groups is 1. The molecule has 21 heavy (non-hydrogen) atoms. The fourth-order valence-corrected chi connectivity index (χ4v) is 1.79. The van der Waals surface area contributed by atoms with Gasteiger partial charge in [-0.05, 0) is 30.7 Å². The van der Waals surface area contributed by atoms with Gasteiger partial charge in [-0.25, -0.2) is 4.99 Å². The van der Waals surface area contributed by atoms with Crippen molar-refractivity contribution in [1.29, 1.82) is 0 Å². The van der Waals surface area contributed by atoms with Crippen LogP contribution < -0.4 is 10.6 Å². The first-order valence-electron chi connectivity index (χ1n) is 6.53. The van der Waals surface area contributed by atoms with Crippen molar-refractivity contribution in [2.24, 2.45) is 4.99 Å². The highest BCUT2D eigenvalue weighted by Gasteiger charge is 1.99. The molecule has 3 N–H and O–H groups in total. The Balaban J connectivity index is 0.00000220. The highest BCUT2D eigenvalue weighted by atomic mass is 127. The van der Waals surface area contributed by atoms with E-state index in [9.17, 15) is 0 Å². The third kappa shape index (κ3) is 6.34. The number of hydrogen-bond acceptors (Lipinski definition) is 2. The van der Waals surface area contributed by atoms with Gasteiger partial charge in [0.25, 0.3) is 0 Å². The van der Waals surface area contributed by atoms with Gasteiger partial charge in [-0.3, -0.25) is 5.10 Å². The molecule has 0 aliphatic heterocycles. The van der Waals surface area contributed by atoms with Crippen LogP contribution in [0.5, 0.6) is 0 Å². The Morgan fingerprint density at radius 1 is 1.24 bits per heavy atom. The van der Waals surface area contributed by atoms with Crippen molar-refractivity contribution in [3.8, 4) is 0 Å². The summed E-state index contributed by atoms with van der Waals surface area (Å²) in [6.07, 6.45) is 1.73. The van der Waals surface area contributed by atoms with Crippen molar-refractivity contribution >= 4 is 41.5 Å². The average Bonchev–Trinajstić information content (AvgIpc) is 2.97. The fourth-order valence-electron chi connectivity index (χ4n) is 1.66. The maximum absolute atomic E-state index is 5.86. The lowest BCUT2D eigenvalue weighted by Crippen LogP contribution is -2.36. The average molecular weight is 420 g/mol. The number of hydrogen-bond donors (Lipinski definition) is 3. The van der Waals surface area contributed by atoms with Gasteiger partial charge in [0, 0.05) is 17.8 Å². The predicted octanol–water partition coefficient (Wildman–Crippen LogP) is 2.94. The summed E-state index contributed by atoms with van der Waals surface area (Å²) in [6, 6.07) is 9.62. The number of aromatic nitrogens is 2. The van der Waals surface area contributed by atoms with Gasteiger partial charge in [0.2, 0.25) is 0 Å². The monoisotopic (exact) mass is 419 g/mol. The van der Waals surface area contributed by atoms with Crippen molar-refractivity contribution in [1.82, 2.24) is 20.8 Å².